The number of likely N-dealkylation sites (tertiary alicyclic amines) is 1. The van der Waals surface area contributed by atoms with E-state index in [4.69, 9.17) is 5.11 Å². The van der Waals surface area contributed by atoms with Gasteiger partial charge in [-0.2, -0.15) is 13.2 Å². The third-order valence-corrected chi connectivity index (χ3v) is 2.74. The number of hydrogen-bond donors (Lipinski definition) is 1. The van der Waals surface area contributed by atoms with Crippen molar-refractivity contribution in [2.75, 3.05) is 13.2 Å². The molecule has 16 heavy (non-hydrogen) atoms. The van der Waals surface area contributed by atoms with Crippen LogP contribution < -0.4 is 0 Å². The first-order valence-corrected chi connectivity index (χ1v) is 5.41. The van der Waals surface area contributed by atoms with Gasteiger partial charge in [0.2, 0.25) is 5.91 Å². The average molecular weight is 239 g/mol. The highest BCUT2D eigenvalue weighted by atomic mass is 19.4. The van der Waals surface area contributed by atoms with Gasteiger partial charge in [-0.3, -0.25) is 4.79 Å². The third-order valence-electron chi connectivity index (χ3n) is 2.74. The number of carbonyl (C=O) groups is 1. The average Bonchev–Trinajstić information content (AvgIpc) is 2.59. The summed E-state index contributed by atoms with van der Waals surface area (Å²) in [6.07, 6.45) is -3.20. The van der Waals surface area contributed by atoms with Crippen LogP contribution in [0.5, 0.6) is 0 Å². The number of carbonyl (C=O) groups excluding carboxylic acids is 1. The molecule has 0 bridgehead atoms. The summed E-state index contributed by atoms with van der Waals surface area (Å²) in [6.45, 7) is 0.419. The van der Waals surface area contributed by atoms with E-state index in [9.17, 15) is 18.0 Å². The maximum Gasteiger partial charge on any atom is 0.397 e. The summed E-state index contributed by atoms with van der Waals surface area (Å²) >= 11 is 0. The van der Waals surface area contributed by atoms with Crippen molar-refractivity contribution >= 4 is 5.91 Å². The van der Waals surface area contributed by atoms with Gasteiger partial charge in [0, 0.05) is 19.2 Å². The van der Waals surface area contributed by atoms with Gasteiger partial charge in [-0.15, -0.1) is 0 Å². The SMILES string of the molecule is O=C(CC(F)(F)F)N1CCCC1CCCO. The maximum atomic E-state index is 12.1. The molecule has 0 aliphatic carbocycles. The highest BCUT2D eigenvalue weighted by Crippen LogP contribution is 2.26. The Morgan fingerprint density at radius 3 is 2.69 bits per heavy atom. The molecule has 3 nitrogen and oxygen atoms in total. The minimum Gasteiger partial charge on any atom is -0.396 e. The Kier molecular flexibility index (Phi) is 4.58. The van der Waals surface area contributed by atoms with E-state index >= 15 is 0 Å². The standard InChI is InChI=1S/C10H16F3NO2/c11-10(12,13)7-9(16)14-5-1-3-8(14)4-2-6-15/h8,15H,1-7H2. The molecule has 0 saturated carbocycles. The monoisotopic (exact) mass is 239 g/mol. The Balaban J connectivity index is 2.47. The smallest absolute Gasteiger partial charge is 0.396 e. The summed E-state index contributed by atoms with van der Waals surface area (Å²) in [7, 11) is 0. The van der Waals surface area contributed by atoms with E-state index < -0.39 is 18.5 Å². The molecule has 1 heterocycles. The number of aliphatic hydroxyl groups is 1. The zero-order valence-electron chi connectivity index (χ0n) is 8.96. The molecule has 0 aromatic carbocycles. The first kappa shape index (κ1) is 13.3. The summed E-state index contributed by atoms with van der Waals surface area (Å²) < 4.78 is 36.2. The second-order valence-electron chi connectivity index (χ2n) is 4.04. The zero-order valence-corrected chi connectivity index (χ0v) is 8.96. The lowest BCUT2D eigenvalue weighted by molar-refractivity contribution is -0.162. The summed E-state index contributed by atoms with van der Waals surface area (Å²) in [5, 5.41) is 8.65. The molecule has 94 valence electrons. The van der Waals surface area contributed by atoms with Crippen LogP contribution >= 0.6 is 0 Å². The Bertz CT molecular complexity index is 243. The van der Waals surface area contributed by atoms with Gasteiger partial charge in [-0.25, -0.2) is 0 Å². The molecule has 0 radical (unpaired) electrons. The van der Waals surface area contributed by atoms with E-state index in [1.165, 1.54) is 4.90 Å². The molecule has 1 saturated heterocycles. The molecule has 0 spiro atoms. The molecule has 1 N–H and O–H groups in total. The van der Waals surface area contributed by atoms with E-state index in [1.807, 2.05) is 0 Å². The number of amides is 1. The number of alkyl halides is 3. The van der Waals surface area contributed by atoms with Gasteiger partial charge in [-0.05, 0) is 25.7 Å². The van der Waals surface area contributed by atoms with Crippen molar-refractivity contribution in [3.05, 3.63) is 0 Å². The molecular weight excluding hydrogens is 223 g/mol. The highest BCUT2D eigenvalue weighted by Gasteiger charge is 2.36. The van der Waals surface area contributed by atoms with Crippen LogP contribution in [0.3, 0.4) is 0 Å². The normalized spacial score (nSPS) is 21.5. The van der Waals surface area contributed by atoms with Crippen LogP contribution in [0.4, 0.5) is 13.2 Å². The number of rotatable bonds is 4. The molecule has 1 fully saturated rings. The van der Waals surface area contributed by atoms with Crippen molar-refractivity contribution < 1.29 is 23.1 Å². The van der Waals surface area contributed by atoms with E-state index in [0.29, 0.717) is 19.4 Å². The largest absolute Gasteiger partial charge is 0.397 e. The van der Waals surface area contributed by atoms with Crippen LogP contribution in [0.25, 0.3) is 0 Å². The molecule has 0 aromatic heterocycles. The number of halogens is 3. The van der Waals surface area contributed by atoms with Crippen LogP contribution in [-0.4, -0.2) is 41.3 Å². The topological polar surface area (TPSA) is 40.5 Å². The molecule has 0 aromatic rings. The number of nitrogens with zero attached hydrogens (tertiary/aromatic N) is 1. The minimum absolute atomic E-state index is 0.0117. The van der Waals surface area contributed by atoms with Crippen LogP contribution in [0.15, 0.2) is 0 Å². The summed E-state index contributed by atoms with van der Waals surface area (Å²) in [6, 6.07) is -0.123. The highest BCUT2D eigenvalue weighted by molar-refractivity contribution is 5.77. The molecule has 1 aliphatic heterocycles. The first-order valence-electron chi connectivity index (χ1n) is 5.41. The van der Waals surface area contributed by atoms with Crippen LogP contribution in [0.1, 0.15) is 32.1 Å². The Labute approximate surface area is 92.2 Å². The van der Waals surface area contributed by atoms with E-state index in [2.05, 4.69) is 0 Å². The zero-order chi connectivity index (χ0) is 12.2. The molecule has 1 aliphatic rings. The maximum absolute atomic E-state index is 12.1. The summed E-state index contributed by atoms with van der Waals surface area (Å²) in [5.41, 5.74) is 0. The van der Waals surface area contributed by atoms with Gasteiger partial charge >= 0.3 is 6.18 Å². The van der Waals surface area contributed by atoms with Crippen LogP contribution in [-0.2, 0) is 4.79 Å². The van der Waals surface area contributed by atoms with Gasteiger partial charge in [0.05, 0.1) is 0 Å². The van der Waals surface area contributed by atoms with Crippen molar-refractivity contribution in [1.29, 1.82) is 0 Å². The fourth-order valence-corrected chi connectivity index (χ4v) is 2.06. The van der Waals surface area contributed by atoms with Crippen molar-refractivity contribution in [2.45, 2.75) is 44.3 Å². The second-order valence-corrected chi connectivity index (χ2v) is 4.04. The molecule has 6 heteroatoms. The molecule has 1 amide bonds. The fourth-order valence-electron chi connectivity index (χ4n) is 2.06. The van der Waals surface area contributed by atoms with Gasteiger partial charge in [-0.1, -0.05) is 0 Å². The van der Waals surface area contributed by atoms with Crippen molar-refractivity contribution in [3.63, 3.8) is 0 Å². The van der Waals surface area contributed by atoms with Gasteiger partial charge in [0.1, 0.15) is 6.42 Å². The quantitative estimate of drug-likeness (QED) is 0.811. The summed E-state index contributed by atoms with van der Waals surface area (Å²) in [4.78, 5) is 12.7. The van der Waals surface area contributed by atoms with Gasteiger partial charge in [0.15, 0.2) is 0 Å². The lowest BCUT2D eigenvalue weighted by Gasteiger charge is -2.25. The number of hydrogen-bond acceptors (Lipinski definition) is 2. The third kappa shape index (κ3) is 4.00. The summed E-state index contributed by atoms with van der Waals surface area (Å²) in [5.74, 6) is -0.840. The fraction of sp³-hybridized carbons (Fsp3) is 0.900. The van der Waals surface area contributed by atoms with E-state index in [-0.39, 0.29) is 12.6 Å². The number of aliphatic hydroxyl groups excluding tert-OH is 1. The van der Waals surface area contributed by atoms with Gasteiger partial charge in [0.25, 0.3) is 0 Å². The van der Waals surface area contributed by atoms with Crippen molar-refractivity contribution in [2.24, 2.45) is 0 Å². The van der Waals surface area contributed by atoms with Crippen LogP contribution in [0.2, 0.25) is 0 Å². The minimum atomic E-state index is -4.43. The molecule has 1 unspecified atom stereocenters. The first-order chi connectivity index (χ1) is 7.44. The van der Waals surface area contributed by atoms with Crippen LogP contribution in [0, 0.1) is 0 Å². The second kappa shape index (κ2) is 5.52. The molecule has 1 rings (SSSR count). The van der Waals surface area contributed by atoms with Crippen molar-refractivity contribution in [1.82, 2.24) is 4.90 Å². The lowest BCUT2D eigenvalue weighted by Crippen LogP contribution is -2.38. The predicted octanol–water partition coefficient (Wildman–Crippen LogP) is 1.70. The predicted molar refractivity (Wildman–Crippen MR) is 51.7 cm³/mol. The van der Waals surface area contributed by atoms with E-state index in [0.717, 1.165) is 12.8 Å². The molecular formula is C10H16F3NO2. The van der Waals surface area contributed by atoms with Gasteiger partial charge < -0.3 is 10.0 Å². The Morgan fingerprint density at radius 2 is 2.12 bits per heavy atom. The lowest BCUT2D eigenvalue weighted by atomic mass is 10.1. The molecule has 1 atom stereocenters. The Morgan fingerprint density at radius 1 is 1.44 bits per heavy atom. The van der Waals surface area contributed by atoms with Crippen molar-refractivity contribution in [3.8, 4) is 0 Å². The van der Waals surface area contributed by atoms with E-state index in [1.54, 1.807) is 0 Å². The Hall–Kier alpha value is -0.780.